The standard InChI is InChI=1S/C17H16Cl2O4/c1-2-21-16(20)11-17(22-13-6-4-3-5-7-13)23-15-9-8-12(18)10-14(15)19/h3-10,17H,2,11H2,1H3. The number of hydrogen-bond donors (Lipinski definition) is 0. The maximum atomic E-state index is 11.7. The van der Waals surface area contributed by atoms with E-state index in [0.717, 1.165) is 0 Å². The number of esters is 1. The minimum Gasteiger partial charge on any atom is -0.466 e. The van der Waals surface area contributed by atoms with E-state index >= 15 is 0 Å². The second kappa shape index (κ2) is 8.65. The molecular formula is C17H16Cl2O4. The molecule has 0 N–H and O–H groups in total. The molecule has 122 valence electrons. The predicted octanol–water partition coefficient (Wildman–Crippen LogP) is 4.73. The summed E-state index contributed by atoms with van der Waals surface area (Å²) in [4.78, 5) is 11.7. The van der Waals surface area contributed by atoms with Crippen LogP contribution in [0.5, 0.6) is 11.5 Å². The molecule has 0 spiro atoms. The lowest BCUT2D eigenvalue weighted by atomic mass is 10.3. The molecule has 0 radical (unpaired) electrons. The van der Waals surface area contributed by atoms with Crippen molar-refractivity contribution >= 4 is 29.2 Å². The molecule has 0 aliphatic heterocycles. The molecule has 0 amide bonds. The lowest BCUT2D eigenvalue weighted by molar-refractivity contribution is -0.148. The highest BCUT2D eigenvalue weighted by Gasteiger charge is 2.20. The molecule has 0 aliphatic carbocycles. The Morgan fingerprint density at radius 2 is 1.83 bits per heavy atom. The Morgan fingerprint density at radius 3 is 2.48 bits per heavy atom. The van der Waals surface area contributed by atoms with Gasteiger partial charge in [-0.3, -0.25) is 4.79 Å². The van der Waals surface area contributed by atoms with Gasteiger partial charge in [-0.15, -0.1) is 0 Å². The fourth-order valence-electron chi connectivity index (χ4n) is 1.83. The molecule has 0 bridgehead atoms. The van der Waals surface area contributed by atoms with Gasteiger partial charge in [-0.2, -0.15) is 0 Å². The number of benzene rings is 2. The summed E-state index contributed by atoms with van der Waals surface area (Å²) in [5, 5.41) is 0.830. The van der Waals surface area contributed by atoms with Gasteiger partial charge in [0.15, 0.2) is 0 Å². The third-order valence-electron chi connectivity index (χ3n) is 2.80. The molecule has 0 fully saturated rings. The smallest absolute Gasteiger partial charge is 0.313 e. The summed E-state index contributed by atoms with van der Waals surface area (Å²) in [6.45, 7) is 2.03. The molecule has 2 aromatic carbocycles. The van der Waals surface area contributed by atoms with Crippen LogP contribution in [0.25, 0.3) is 0 Å². The highest BCUT2D eigenvalue weighted by molar-refractivity contribution is 6.35. The van der Waals surface area contributed by atoms with Crippen molar-refractivity contribution in [2.45, 2.75) is 19.6 Å². The first-order valence-electron chi connectivity index (χ1n) is 7.07. The Balaban J connectivity index is 2.13. The summed E-state index contributed by atoms with van der Waals surface area (Å²) < 4.78 is 16.4. The van der Waals surface area contributed by atoms with E-state index in [2.05, 4.69) is 0 Å². The van der Waals surface area contributed by atoms with E-state index in [1.165, 1.54) is 0 Å². The van der Waals surface area contributed by atoms with Crippen molar-refractivity contribution in [1.29, 1.82) is 0 Å². The molecule has 0 saturated heterocycles. The normalized spacial score (nSPS) is 11.6. The predicted molar refractivity (Wildman–Crippen MR) is 89.2 cm³/mol. The van der Waals surface area contributed by atoms with E-state index in [-0.39, 0.29) is 6.42 Å². The molecule has 6 heteroatoms. The van der Waals surface area contributed by atoms with Crippen LogP contribution < -0.4 is 9.47 Å². The first-order chi connectivity index (χ1) is 11.1. The summed E-state index contributed by atoms with van der Waals surface area (Å²) in [7, 11) is 0. The first-order valence-corrected chi connectivity index (χ1v) is 7.83. The van der Waals surface area contributed by atoms with Gasteiger partial charge in [0.2, 0.25) is 0 Å². The summed E-state index contributed by atoms with van der Waals surface area (Å²) >= 11 is 12.0. The largest absolute Gasteiger partial charge is 0.466 e. The van der Waals surface area contributed by atoms with Gasteiger partial charge in [-0.05, 0) is 37.3 Å². The van der Waals surface area contributed by atoms with E-state index in [9.17, 15) is 4.79 Å². The number of carbonyl (C=O) groups excluding carboxylic acids is 1. The summed E-state index contributed by atoms with van der Waals surface area (Å²) in [6.07, 6.45) is -0.933. The number of hydrogen-bond acceptors (Lipinski definition) is 4. The average molecular weight is 355 g/mol. The molecule has 1 atom stereocenters. The minimum atomic E-state index is -0.866. The third kappa shape index (κ3) is 5.66. The van der Waals surface area contributed by atoms with Gasteiger partial charge < -0.3 is 14.2 Å². The lowest BCUT2D eigenvalue weighted by Crippen LogP contribution is -2.28. The fraction of sp³-hybridized carbons (Fsp3) is 0.235. The SMILES string of the molecule is CCOC(=O)CC(Oc1ccccc1)Oc1ccc(Cl)cc1Cl. The first kappa shape index (κ1) is 17.4. The number of ether oxygens (including phenoxy) is 3. The quantitative estimate of drug-likeness (QED) is 0.532. The Hall–Kier alpha value is -1.91. The molecule has 0 aromatic heterocycles. The van der Waals surface area contributed by atoms with E-state index < -0.39 is 12.3 Å². The van der Waals surface area contributed by atoms with Crippen molar-refractivity contribution in [3.63, 3.8) is 0 Å². The van der Waals surface area contributed by atoms with Crippen LogP contribution in [0.4, 0.5) is 0 Å². The third-order valence-corrected chi connectivity index (χ3v) is 3.33. The maximum Gasteiger partial charge on any atom is 0.313 e. The van der Waals surface area contributed by atoms with Gasteiger partial charge in [-0.25, -0.2) is 0 Å². The van der Waals surface area contributed by atoms with Crippen molar-refractivity contribution in [3.05, 3.63) is 58.6 Å². The molecule has 0 saturated carbocycles. The van der Waals surface area contributed by atoms with Crippen molar-refractivity contribution < 1.29 is 19.0 Å². The highest BCUT2D eigenvalue weighted by Crippen LogP contribution is 2.29. The number of halogens is 2. The molecule has 23 heavy (non-hydrogen) atoms. The van der Waals surface area contributed by atoms with Gasteiger partial charge in [-0.1, -0.05) is 41.4 Å². The van der Waals surface area contributed by atoms with Crippen molar-refractivity contribution in [3.8, 4) is 11.5 Å². The topological polar surface area (TPSA) is 44.8 Å². The molecular weight excluding hydrogens is 339 g/mol. The molecule has 2 rings (SSSR count). The van der Waals surface area contributed by atoms with Crippen LogP contribution in [0.2, 0.25) is 10.0 Å². The van der Waals surface area contributed by atoms with Crippen LogP contribution in [0.15, 0.2) is 48.5 Å². The Kier molecular flexibility index (Phi) is 6.56. The van der Waals surface area contributed by atoms with Crippen LogP contribution >= 0.6 is 23.2 Å². The van der Waals surface area contributed by atoms with E-state index in [1.807, 2.05) is 18.2 Å². The zero-order valence-corrected chi connectivity index (χ0v) is 14.0. The highest BCUT2D eigenvalue weighted by atomic mass is 35.5. The van der Waals surface area contributed by atoms with Crippen LogP contribution in [-0.4, -0.2) is 18.9 Å². The van der Waals surface area contributed by atoms with Gasteiger partial charge in [0.05, 0.1) is 11.6 Å². The minimum absolute atomic E-state index is 0.0678. The zero-order valence-electron chi connectivity index (χ0n) is 12.5. The van der Waals surface area contributed by atoms with Crippen molar-refractivity contribution in [2.24, 2.45) is 0 Å². The molecule has 0 aliphatic rings. The number of rotatable bonds is 7. The van der Waals surface area contributed by atoms with Crippen LogP contribution in [0.1, 0.15) is 13.3 Å². The van der Waals surface area contributed by atoms with Gasteiger partial charge in [0.1, 0.15) is 17.9 Å². The Bertz CT molecular complexity index is 646. The summed E-state index contributed by atoms with van der Waals surface area (Å²) in [5.74, 6) is 0.534. The van der Waals surface area contributed by atoms with E-state index in [0.29, 0.717) is 28.2 Å². The van der Waals surface area contributed by atoms with Gasteiger partial charge in [0, 0.05) is 5.02 Å². The van der Waals surface area contributed by atoms with Crippen LogP contribution in [0, 0.1) is 0 Å². The number of carbonyl (C=O) groups is 1. The van der Waals surface area contributed by atoms with Crippen molar-refractivity contribution in [1.82, 2.24) is 0 Å². The van der Waals surface area contributed by atoms with Gasteiger partial charge in [0.25, 0.3) is 6.29 Å². The van der Waals surface area contributed by atoms with E-state index in [4.69, 9.17) is 37.4 Å². The average Bonchev–Trinajstić information content (AvgIpc) is 2.51. The zero-order chi connectivity index (χ0) is 16.7. The Morgan fingerprint density at radius 1 is 1.09 bits per heavy atom. The fourth-order valence-corrected chi connectivity index (χ4v) is 2.28. The second-order valence-corrected chi connectivity index (χ2v) is 5.41. The molecule has 1 unspecified atom stereocenters. The maximum absolute atomic E-state index is 11.7. The number of para-hydroxylation sites is 1. The Labute approximate surface area is 144 Å². The molecule has 0 heterocycles. The summed E-state index contributed by atoms with van der Waals surface area (Å²) in [5.41, 5.74) is 0. The molecule has 4 nitrogen and oxygen atoms in total. The van der Waals surface area contributed by atoms with Crippen molar-refractivity contribution in [2.75, 3.05) is 6.61 Å². The van der Waals surface area contributed by atoms with Crippen LogP contribution in [-0.2, 0) is 9.53 Å². The van der Waals surface area contributed by atoms with Crippen LogP contribution in [0.3, 0.4) is 0 Å². The summed E-state index contributed by atoms with van der Waals surface area (Å²) in [6, 6.07) is 13.9. The lowest BCUT2D eigenvalue weighted by Gasteiger charge is -2.20. The van der Waals surface area contributed by atoms with E-state index in [1.54, 1.807) is 37.3 Å². The second-order valence-electron chi connectivity index (χ2n) is 4.56. The van der Waals surface area contributed by atoms with Gasteiger partial charge >= 0.3 is 5.97 Å². The monoisotopic (exact) mass is 354 g/mol. The molecule has 2 aromatic rings.